The van der Waals surface area contributed by atoms with Gasteiger partial charge in [-0.2, -0.15) is 0 Å². The molecule has 1 N–H and O–H groups in total. The first-order chi connectivity index (χ1) is 7.68. The maximum absolute atomic E-state index is 13.0. The third-order valence-corrected chi connectivity index (χ3v) is 2.68. The first-order valence-electron chi connectivity index (χ1n) is 4.81. The van der Waals surface area contributed by atoms with Crippen molar-refractivity contribution in [2.24, 2.45) is 0 Å². The van der Waals surface area contributed by atoms with Crippen LogP contribution in [0, 0.1) is 11.2 Å². The van der Waals surface area contributed by atoms with Crippen LogP contribution in [0.2, 0.25) is 0 Å². The van der Waals surface area contributed by atoms with Gasteiger partial charge in [-0.15, -0.1) is 12.6 Å². The van der Waals surface area contributed by atoms with Crippen LogP contribution in [0.3, 0.4) is 0 Å². The second-order valence-electron chi connectivity index (χ2n) is 3.40. The van der Waals surface area contributed by atoms with Gasteiger partial charge in [-0.05, 0) is 18.2 Å². The number of benzene rings is 2. The highest BCUT2D eigenvalue weighted by molar-refractivity contribution is 7.80. The molecule has 0 atom stereocenters. The molecule has 0 bridgehead atoms. The highest BCUT2D eigenvalue weighted by Crippen LogP contribution is 2.17. The van der Waals surface area contributed by atoms with Crippen molar-refractivity contribution >= 4 is 18.3 Å². The molecule has 16 heavy (non-hydrogen) atoms. The number of hydrogen-bond donors (Lipinski definition) is 2. The summed E-state index contributed by atoms with van der Waals surface area (Å²) in [5.74, 6) is -0.334. The van der Waals surface area contributed by atoms with Crippen LogP contribution in [0.1, 0.15) is 11.1 Å². The van der Waals surface area contributed by atoms with Gasteiger partial charge < -0.3 is 0 Å². The summed E-state index contributed by atoms with van der Waals surface area (Å²) >= 11 is 4.28. The minimum absolute atomic E-state index is 0.283. The number of hydrogen-bond acceptors (Lipinski definition) is 2. The predicted molar refractivity (Wildman–Crippen MR) is 66.0 cm³/mol. The van der Waals surface area contributed by atoms with Gasteiger partial charge in [-0.3, -0.25) is 5.41 Å². The molecule has 0 saturated carbocycles. The van der Waals surface area contributed by atoms with Gasteiger partial charge in [-0.1, -0.05) is 30.3 Å². The van der Waals surface area contributed by atoms with Crippen molar-refractivity contribution in [2.75, 3.05) is 0 Å². The van der Waals surface area contributed by atoms with Crippen LogP contribution in [0.25, 0.3) is 0 Å². The maximum Gasteiger partial charge on any atom is 0.123 e. The second kappa shape index (κ2) is 4.49. The van der Waals surface area contributed by atoms with Crippen molar-refractivity contribution < 1.29 is 4.39 Å². The van der Waals surface area contributed by atoms with E-state index < -0.39 is 0 Å². The fourth-order valence-electron chi connectivity index (χ4n) is 1.48. The fraction of sp³-hybridized carbons (Fsp3) is 0. The lowest BCUT2D eigenvalue weighted by atomic mass is 10.0. The summed E-state index contributed by atoms with van der Waals surface area (Å²) in [6.07, 6.45) is 0. The van der Waals surface area contributed by atoms with Crippen molar-refractivity contribution in [3.63, 3.8) is 0 Å². The Morgan fingerprint density at radius 1 is 1.06 bits per heavy atom. The Kier molecular flexibility index (Phi) is 3.06. The number of nitrogens with one attached hydrogen (secondary N) is 1. The summed E-state index contributed by atoms with van der Waals surface area (Å²) in [6.45, 7) is 0. The molecule has 80 valence electrons. The Morgan fingerprint density at radius 2 is 1.81 bits per heavy atom. The number of halogens is 1. The summed E-state index contributed by atoms with van der Waals surface area (Å²) < 4.78 is 13.0. The molecular weight excluding hydrogens is 221 g/mol. The Bertz CT molecular complexity index is 537. The molecule has 3 heteroatoms. The molecule has 0 unspecified atom stereocenters. The maximum atomic E-state index is 13.0. The summed E-state index contributed by atoms with van der Waals surface area (Å²) in [7, 11) is 0. The lowest BCUT2D eigenvalue weighted by Gasteiger charge is -2.06. The van der Waals surface area contributed by atoms with Crippen LogP contribution in [0.15, 0.2) is 53.4 Å². The summed E-state index contributed by atoms with van der Waals surface area (Å²) in [4.78, 5) is 0.719. The van der Waals surface area contributed by atoms with Gasteiger partial charge in [-0.25, -0.2) is 4.39 Å². The van der Waals surface area contributed by atoms with Crippen molar-refractivity contribution in [3.05, 3.63) is 65.5 Å². The van der Waals surface area contributed by atoms with E-state index in [1.807, 2.05) is 18.2 Å². The molecule has 0 spiro atoms. The first kappa shape index (κ1) is 10.9. The molecule has 0 fully saturated rings. The zero-order chi connectivity index (χ0) is 11.5. The zero-order valence-electron chi connectivity index (χ0n) is 8.44. The largest absolute Gasteiger partial charge is 0.300 e. The highest BCUT2D eigenvalue weighted by atomic mass is 32.1. The van der Waals surface area contributed by atoms with E-state index in [1.54, 1.807) is 18.2 Å². The lowest BCUT2D eigenvalue weighted by molar-refractivity contribution is 0.627. The third-order valence-electron chi connectivity index (χ3n) is 2.29. The summed E-state index contributed by atoms with van der Waals surface area (Å²) in [6, 6.07) is 13.3. The molecular formula is C13H10FNS. The first-order valence-corrected chi connectivity index (χ1v) is 5.26. The van der Waals surface area contributed by atoms with Crippen LogP contribution >= 0.6 is 12.6 Å². The van der Waals surface area contributed by atoms with Crippen LogP contribution in [-0.2, 0) is 0 Å². The quantitative estimate of drug-likeness (QED) is 0.583. The van der Waals surface area contributed by atoms with Crippen molar-refractivity contribution in [1.82, 2.24) is 0 Å². The molecule has 0 aliphatic rings. The van der Waals surface area contributed by atoms with Gasteiger partial charge in [0.2, 0.25) is 0 Å². The summed E-state index contributed by atoms with van der Waals surface area (Å²) in [5, 5.41) is 7.99. The minimum atomic E-state index is -0.334. The molecule has 0 amide bonds. The van der Waals surface area contributed by atoms with E-state index in [1.165, 1.54) is 12.1 Å². The van der Waals surface area contributed by atoms with E-state index in [0.29, 0.717) is 11.1 Å². The van der Waals surface area contributed by atoms with Crippen molar-refractivity contribution in [1.29, 1.82) is 5.41 Å². The van der Waals surface area contributed by atoms with Crippen molar-refractivity contribution in [2.45, 2.75) is 4.90 Å². The van der Waals surface area contributed by atoms with E-state index in [-0.39, 0.29) is 11.5 Å². The van der Waals surface area contributed by atoms with Crippen LogP contribution in [0.5, 0.6) is 0 Å². The van der Waals surface area contributed by atoms with Gasteiger partial charge in [0.25, 0.3) is 0 Å². The smallest absolute Gasteiger partial charge is 0.123 e. The van der Waals surface area contributed by atoms with Gasteiger partial charge >= 0.3 is 0 Å². The second-order valence-corrected chi connectivity index (χ2v) is 3.88. The molecule has 2 rings (SSSR count). The number of rotatable bonds is 2. The normalized spacial score (nSPS) is 10.1. The average Bonchev–Trinajstić information content (AvgIpc) is 2.29. The monoisotopic (exact) mass is 231 g/mol. The van der Waals surface area contributed by atoms with Crippen LogP contribution in [0.4, 0.5) is 4.39 Å². The zero-order valence-corrected chi connectivity index (χ0v) is 9.34. The fourth-order valence-corrected chi connectivity index (χ4v) is 1.76. The van der Waals surface area contributed by atoms with E-state index >= 15 is 0 Å². The van der Waals surface area contributed by atoms with Gasteiger partial charge in [0.1, 0.15) is 5.82 Å². The Morgan fingerprint density at radius 3 is 2.50 bits per heavy atom. The lowest BCUT2D eigenvalue weighted by Crippen LogP contribution is -2.02. The minimum Gasteiger partial charge on any atom is -0.300 e. The third kappa shape index (κ3) is 2.14. The van der Waals surface area contributed by atoms with Gasteiger partial charge in [0.15, 0.2) is 0 Å². The number of thiol groups is 1. The molecule has 2 aromatic carbocycles. The van der Waals surface area contributed by atoms with E-state index in [2.05, 4.69) is 12.6 Å². The van der Waals surface area contributed by atoms with Crippen LogP contribution in [-0.4, -0.2) is 5.71 Å². The molecule has 1 nitrogen and oxygen atoms in total. The molecule has 0 aromatic heterocycles. The average molecular weight is 231 g/mol. The Balaban J connectivity index is 2.44. The predicted octanol–water partition coefficient (Wildman–Crippen LogP) is 3.53. The van der Waals surface area contributed by atoms with Crippen LogP contribution < -0.4 is 0 Å². The van der Waals surface area contributed by atoms with Gasteiger partial charge in [0.05, 0.1) is 5.71 Å². The van der Waals surface area contributed by atoms with E-state index in [4.69, 9.17) is 5.41 Å². The molecule has 0 heterocycles. The highest BCUT2D eigenvalue weighted by Gasteiger charge is 2.07. The van der Waals surface area contributed by atoms with E-state index in [9.17, 15) is 4.39 Å². The molecule has 0 saturated heterocycles. The molecule has 0 radical (unpaired) electrons. The SMILES string of the molecule is N=C(c1cccc(F)c1)c1ccccc1S. The van der Waals surface area contributed by atoms with E-state index in [0.717, 1.165) is 4.90 Å². The summed E-state index contributed by atoms with van der Waals surface area (Å²) in [5.41, 5.74) is 1.54. The Hall–Kier alpha value is -1.61. The molecule has 0 aliphatic carbocycles. The molecule has 2 aromatic rings. The Labute approximate surface area is 98.9 Å². The standard InChI is InChI=1S/C13H10FNS/c14-10-5-3-4-9(8-10)13(15)11-6-1-2-7-12(11)16/h1-8,15-16H. The topological polar surface area (TPSA) is 23.9 Å². The van der Waals surface area contributed by atoms with Crippen molar-refractivity contribution in [3.8, 4) is 0 Å². The molecule has 0 aliphatic heterocycles. The van der Waals surface area contributed by atoms with Gasteiger partial charge in [0, 0.05) is 16.0 Å².